The Labute approximate surface area is 280 Å². The molecule has 10 heteroatoms. The van der Waals surface area contributed by atoms with Gasteiger partial charge in [0.1, 0.15) is 0 Å². The van der Waals surface area contributed by atoms with Gasteiger partial charge in [-0.05, 0) is 104 Å². The van der Waals surface area contributed by atoms with Gasteiger partial charge in [-0.1, -0.05) is 41.5 Å². The zero-order chi connectivity index (χ0) is 34.2. The third-order valence-electron chi connectivity index (χ3n) is 14.6. The van der Waals surface area contributed by atoms with Crippen LogP contribution in [0.4, 0.5) is 0 Å². The van der Waals surface area contributed by atoms with Gasteiger partial charge in [0, 0.05) is 11.8 Å². The SMILES string of the molecule is CC1CC(C2OC3C(CC(C)C(O)C3CC3C(O)C(C)CC4C(C)C(O)C(C5CC(C)C(O)C(O)C5)OC43)C(C)C2O)CC(O)C1O. The van der Waals surface area contributed by atoms with Gasteiger partial charge in [-0.25, -0.2) is 0 Å². The maximum Gasteiger partial charge on any atom is 0.0869 e. The van der Waals surface area contributed by atoms with Crippen molar-refractivity contribution in [2.24, 2.45) is 71.0 Å². The summed E-state index contributed by atoms with van der Waals surface area (Å²) in [5.74, 6) is -1.28. The highest BCUT2D eigenvalue weighted by atomic mass is 16.5. The fourth-order valence-electron chi connectivity index (χ4n) is 11.6. The zero-order valence-electron chi connectivity index (χ0n) is 29.2. The molecule has 2 heterocycles. The second-order valence-corrected chi connectivity index (χ2v) is 17.7. The minimum Gasteiger partial charge on any atom is -0.392 e. The molecule has 6 aliphatic rings. The molecule has 0 aromatic carbocycles. The van der Waals surface area contributed by atoms with Gasteiger partial charge in [-0.15, -0.1) is 0 Å². The van der Waals surface area contributed by atoms with Crippen molar-refractivity contribution in [1.82, 2.24) is 0 Å². The van der Waals surface area contributed by atoms with E-state index < -0.39 is 61.0 Å². The topological polar surface area (TPSA) is 180 Å². The van der Waals surface area contributed by atoms with Crippen LogP contribution in [0.2, 0.25) is 0 Å². The molecule has 24 unspecified atom stereocenters. The Morgan fingerprint density at radius 1 is 0.404 bits per heavy atom. The lowest BCUT2D eigenvalue weighted by molar-refractivity contribution is -0.263. The molecule has 0 bridgehead atoms. The highest BCUT2D eigenvalue weighted by Crippen LogP contribution is 2.53. The van der Waals surface area contributed by atoms with Crippen LogP contribution in [0.1, 0.15) is 86.5 Å². The first-order valence-corrected chi connectivity index (χ1v) is 18.9. The highest BCUT2D eigenvalue weighted by Gasteiger charge is 2.58. The molecule has 0 radical (unpaired) electrons. The summed E-state index contributed by atoms with van der Waals surface area (Å²) in [6.45, 7) is 12.1. The molecule has 6 rings (SSSR count). The van der Waals surface area contributed by atoms with E-state index in [0.717, 1.165) is 12.8 Å². The lowest BCUT2D eigenvalue weighted by Gasteiger charge is -2.57. The maximum atomic E-state index is 11.8. The second-order valence-electron chi connectivity index (χ2n) is 17.7. The monoisotopic (exact) mass is 668 g/mol. The summed E-state index contributed by atoms with van der Waals surface area (Å²) in [6, 6.07) is 0. The highest BCUT2D eigenvalue weighted by molar-refractivity contribution is 5.06. The summed E-state index contributed by atoms with van der Waals surface area (Å²) < 4.78 is 13.8. The van der Waals surface area contributed by atoms with Gasteiger partial charge in [-0.3, -0.25) is 0 Å². The summed E-state index contributed by atoms with van der Waals surface area (Å²) in [6.07, 6.45) is -3.95. The fraction of sp³-hybridized carbons (Fsp3) is 1.00. The van der Waals surface area contributed by atoms with Crippen LogP contribution in [-0.2, 0) is 9.47 Å². The third-order valence-corrected chi connectivity index (χ3v) is 14.6. The van der Waals surface area contributed by atoms with Gasteiger partial charge in [0.25, 0.3) is 0 Å². The lowest BCUT2D eigenvalue weighted by Crippen LogP contribution is -2.63. The number of rotatable bonds is 4. The molecule has 4 saturated carbocycles. The van der Waals surface area contributed by atoms with Crippen molar-refractivity contribution in [2.75, 3.05) is 0 Å². The molecule has 272 valence electrons. The molecule has 0 amide bonds. The first-order chi connectivity index (χ1) is 22.1. The second kappa shape index (κ2) is 14.0. The van der Waals surface area contributed by atoms with Crippen molar-refractivity contribution >= 4 is 0 Å². The lowest BCUT2D eigenvalue weighted by atomic mass is 9.58. The van der Waals surface area contributed by atoms with Crippen LogP contribution in [-0.4, -0.2) is 114 Å². The predicted molar refractivity (Wildman–Crippen MR) is 174 cm³/mol. The molecular weight excluding hydrogens is 604 g/mol. The van der Waals surface area contributed by atoms with Gasteiger partial charge in [0.05, 0.1) is 73.2 Å². The summed E-state index contributed by atoms with van der Waals surface area (Å²) >= 11 is 0. The standard InChI is InChI=1S/C37H64O10/c1-14-7-20(11-26(38)30(14)42)34-32(44)18(5)22-9-16(3)28(40)24(36(22)46-34)13-25-29(41)17(4)10-23-19(6)33(45)35(47-37(23)25)21-8-15(2)31(43)27(39)12-21/h14-45H,7-13H2,1-6H3. The first-order valence-electron chi connectivity index (χ1n) is 18.9. The average Bonchev–Trinajstić information content (AvgIpc) is 3.02. The molecule has 6 fully saturated rings. The van der Waals surface area contributed by atoms with Crippen molar-refractivity contribution in [3.05, 3.63) is 0 Å². The van der Waals surface area contributed by atoms with E-state index in [-0.39, 0.29) is 83.2 Å². The van der Waals surface area contributed by atoms with E-state index >= 15 is 0 Å². The van der Waals surface area contributed by atoms with Crippen molar-refractivity contribution in [2.45, 2.75) is 160 Å². The van der Waals surface area contributed by atoms with Crippen LogP contribution >= 0.6 is 0 Å². The Balaban J connectivity index is 1.27. The molecule has 4 aliphatic carbocycles. The smallest absolute Gasteiger partial charge is 0.0869 e. The minimum atomic E-state index is -0.874. The summed E-state index contributed by atoms with van der Waals surface area (Å²) in [7, 11) is 0. The zero-order valence-corrected chi connectivity index (χ0v) is 29.2. The molecule has 2 saturated heterocycles. The normalized spacial score (nSPS) is 60.4. The van der Waals surface area contributed by atoms with E-state index in [4.69, 9.17) is 9.47 Å². The van der Waals surface area contributed by atoms with Crippen molar-refractivity contribution in [1.29, 1.82) is 0 Å². The van der Waals surface area contributed by atoms with E-state index in [2.05, 4.69) is 27.7 Å². The van der Waals surface area contributed by atoms with E-state index in [1.165, 1.54) is 0 Å². The largest absolute Gasteiger partial charge is 0.392 e. The average molecular weight is 669 g/mol. The number of ether oxygens (including phenoxy) is 2. The van der Waals surface area contributed by atoms with Crippen LogP contribution in [0.15, 0.2) is 0 Å². The molecule has 0 spiro atoms. The van der Waals surface area contributed by atoms with Gasteiger partial charge in [0.15, 0.2) is 0 Å². The van der Waals surface area contributed by atoms with E-state index in [0.29, 0.717) is 32.1 Å². The predicted octanol–water partition coefficient (Wildman–Crippen LogP) is 1.71. The van der Waals surface area contributed by atoms with Crippen LogP contribution in [0.25, 0.3) is 0 Å². The van der Waals surface area contributed by atoms with Crippen LogP contribution in [0, 0.1) is 71.0 Å². The summed E-state index contributed by atoms with van der Waals surface area (Å²) in [4.78, 5) is 0. The Hall–Kier alpha value is -0.400. The van der Waals surface area contributed by atoms with Crippen molar-refractivity contribution in [3.63, 3.8) is 0 Å². The molecule has 10 nitrogen and oxygen atoms in total. The summed E-state index contributed by atoms with van der Waals surface area (Å²) in [5.41, 5.74) is 0. The third kappa shape index (κ3) is 6.49. The molecule has 2 aliphatic heterocycles. The van der Waals surface area contributed by atoms with Crippen LogP contribution in [0.5, 0.6) is 0 Å². The van der Waals surface area contributed by atoms with Gasteiger partial charge in [0.2, 0.25) is 0 Å². The molecule has 24 atom stereocenters. The van der Waals surface area contributed by atoms with E-state index in [9.17, 15) is 40.9 Å². The van der Waals surface area contributed by atoms with E-state index in [1.54, 1.807) is 0 Å². The Morgan fingerprint density at radius 3 is 1.09 bits per heavy atom. The first kappa shape index (κ1) is 36.4. The number of aliphatic hydroxyl groups excluding tert-OH is 8. The van der Waals surface area contributed by atoms with Gasteiger partial charge >= 0.3 is 0 Å². The summed E-state index contributed by atoms with van der Waals surface area (Å²) in [5, 5.41) is 88.9. The Bertz CT molecular complexity index is 958. The molecule has 0 aromatic rings. The number of hydrogen-bond donors (Lipinski definition) is 8. The van der Waals surface area contributed by atoms with Crippen LogP contribution in [0.3, 0.4) is 0 Å². The van der Waals surface area contributed by atoms with Crippen molar-refractivity contribution in [3.8, 4) is 0 Å². The Morgan fingerprint density at radius 2 is 0.745 bits per heavy atom. The fourth-order valence-corrected chi connectivity index (χ4v) is 11.6. The maximum absolute atomic E-state index is 11.8. The Kier molecular flexibility index (Phi) is 10.8. The van der Waals surface area contributed by atoms with Gasteiger partial charge in [-0.2, -0.15) is 0 Å². The van der Waals surface area contributed by atoms with Crippen molar-refractivity contribution < 1.29 is 50.3 Å². The minimum absolute atomic E-state index is 0.0194. The molecule has 8 N–H and O–H groups in total. The molecular formula is C37H64O10. The quantitative estimate of drug-likeness (QED) is 0.220. The molecule has 47 heavy (non-hydrogen) atoms. The van der Waals surface area contributed by atoms with Crippen LogP contribution < -0.4 is 0 Å². The number of aliphatic hydroxyl groups is 8. The number of hydrogen-bond acceptors (Lipinski definition) is 10. The molecule has 0 aromatic heterocycles. The van der Waals surface area contributed by atoms with E-state index in [1.807, 2.05) is 13.8 Å². The van der Waals surface area contributed by atoms with Gasteiger partial charge < -0.3 is 50.3 Å². The number of fused-ring (bicyclic) bond motifs is 2.